The van der Waals surface area contributed by atoms with Crippen LogP contribution in [-0.2, 0) is 6.54 Å². The summed E-state index contributed by atoms with van der Waals surface area (Å²) in [4.78, 5) is 3.39. The van der Waals surface area contributed by atoms with E-state index in [4.69, 9.17) is 5.73 Å². The molecular weight excluding hydrogens is 285 g/mol. The molecule has 1 atom stereocenters. The van der Waals surface area contributed by atoms with Gasteiger partial charge in [0.2, 0.25) is 0 Å². The quantitative estimate of drug-likeness (QED) is 0.786. The molecule has 0 spiro atoms. The second-order valence-electron chi connectivity index (χ2n) is 5.26. The molecule has 0 saturated heterocycles. The van der Waals surface area contributed by atoms with E-state index in [0.717, 1.165) is 13.1 Å². The number of halogens is 3. The molecule has 1 aromatic heterocycles. The van der Waals surface area contributed by atoms with Crippen LogP contribution in [0.15, 0.2) is 17.5 Å². The van der Waals surface area contributed by atoms with Gasteiger partial charge < -0.3 is 5.73 Å². The van der Waals surface area contributed by atoms with Crippen LogP contribution in [0.1, 0.15) is 38.0 Å². The summed E-state index contributed by atoms with van der Waals surface area (Å²) in [6, 6.07) is 4.03. The topological polar surface area (TPSA) is 29.3 Å². The van der Waals surface area contributed by atoms with Gasteiger partial charge in [-0.1, -0.05) is 13.0 Å². The molecule has 2 nitrogen and oxygen atoms in total. The molecule has 20 heavy (non-hydrogen) atoms. The molecule has 1 rings (SSSR count). The molecule has 1 aromatic rings. The van der Waals surface area contributed by atoms with E-state index in [-0.39, 0.29) is 12.0 Å². The van der Waals surface area contributed by atoms with Crippen molar-refractivity contribution in [3.05, 3.63) is 22.4 Å². The first kappa shape index (κ1) is 17.5. The minimum Gasteiger partial charge on any atom is -0.329 e. The Morgan fingerprint density at radius 1 is 1.30 bits per heavy atom. The van der Waals surface area contributed by atoms with Gasteiger partial charge in [-0.3, -0.25) is 4.90 Å². The predicted octanol–water partition coefficient (Wildman–Crippen LogP) is 4.02. The Balaban J connectivity index is 2.63. The molecule has 1 unspecified atom stereocenters. The van der Waals surface area contributed by atoms with Gasteiger partial charge in [0.05, 0.1) is 0 Å². The average Bonchev–Trinajstić information content (AvgIpc) is 2.87. The van der Waals surface area contributed by atoms with E-state index in [2.05, 4.69) is 4.90 Å². The van der Waals surface area contributed by atoms with Gasteiger partial charge in [-0.2, -0.15) is 13.2 Å². The first-order valence-electron chi connectivity index (χ1n) is 6.85. The number of rotatable bonds is 8. The summed E-state index contributed by atoms with van der Waals surface area (Å²) < 4.78 is 36.8. The summed E-state index contributed by atoms with van der Waals surface area (Å²) in [6.45, 7) is 5.86. The van der Waals surface area contributed by atoms with Crippen LogP contribution in [0.2, 0.25) is 0 Å². The van der Waals surface area contributed by atoms with Crippen LogP contribution >= 0.6 is 11.3 Å². The van der Waals surface area contributed by atoms with Gasteiger partial charge >= 0.3 is 6.18 Å². The number of hydrogen-bond donors (Lipinski definition) is 1. The highest BCUT2D eigenvalue weighted by Gasteiger charge is 2.32. The highest BCUT2D eigenvalue weighted by Crippen LogP contribution is 2.28. The monoisotopic (exact) mass is 308 g/mol. The zero-order valence-corrected chi connectivity index (χ0v) is 12.9. The van der Waals surface area contributed by atoms with Gasteiger partial charge in [0.15, 0.2) is 0 Å². The highest BCUT2D eigenvalue weighted by atomic mass is 32.1. The SMILES string of the molecule is CCN(Cc1cccs1)C(C)(CN)CCCC(F)(F)F. The fraction of sp³-hybridized carbons (Fsp3) is 0.714. The summed E-state index contributed by atoms with van der Waals surface area (Å²) in [7, 11) is 0. The normalized spacial score (nSPS) is 15.6. The van der Waals surface area contributed by atoms with Gasteiger partial charge in [0.1, 0.15) is 0 Å². The smallest absolute Gasteiger partial charge is 0.329 e. The van der Waals surface area contributed by atoms with Crippen molar-refractivity contribution < 1.29 is 13.2 Å². The van der Waals surface area contributed by atoms with Crippen molar-refractivity contribution in [1.82, 2.24) is 4.90 Å². The molecular formula is C14H23F3N2S. The molecule has 0 aliphatic heterocycles. The lowest BCUT2D eigenvalue weighted by molar-refractivity contribution is -0.136. The van der Waals surface area contributed by atoms with E-state index in [0.29, 0.717) is 13.0 Å². The Labute approximate surface area is 122 Å². The number of thiophene rings is 1. The van der Waals surface area contributed by atoms with E-state index in [1.165, 1.54) is 4.88 Å². The maximum absolute atomic E-state index is 12.3. The summed E-state index contributed by atoms with van der Waals surface area (Å²) in [6.07, 6.45) is -4.24. The van der Waals surface area contributed by atoms with Gasteiger partial charge in [0.25, 0.3) is 0 Å². The predicted molar refractivity (Wildman–Crippen MR) is 77.8 cm³/mol. The van der Waals surface area contributed by atoms with Gasteiger partial charge in [0, 0.05) is 29.9 Å². The van der Waals surface area contributed by atoms with E-state index >= 15 is 0 Å². The summed E-state index contributed by atoms with van der Waals surface area (Å²) in [5.74, 6) is 0. The van der Waals surface area contributed by atoms with Gasteiger partial charge in [-0.25, -0.2) is 0 Å². The second kappa shape index (κ2) is 7.43. The molecule has 116 valence electrons. The molecule has 0 bridgehead atoms. The van der Waals surface area contributed by atoms with Crippen LogP contribution in [0, 0.1) is 0 Å². The first-order valence-corrected chi connectivity index (χ1v) is 7.73. The third-order valence-electron chi connectivity index (χ3n) is 3.69. The molecule has 0 amide bonds. The van der Waals surface area contributed by atoms with Crippen LogP contribution in [0.5, 0.6) is 0 Å². The number of nitrogens with two attached hydrogens (primary N) is 1. The number of alkyl halides is 3. The minimum atomic E-state index is -4.08. The molecule has 0 aliphatic rings. The van der Waals surface area contributed by atoms with Crippen LogP contribution in [0.3, 0.4) is 0 Å². The number of likely N-dealkylation sites (N-methyl/N-ethyl adjacent to an activating group) is 1. The van der Waals surface area contributed by atoms with E-state index < -0.39 is 12.6 Å². The lowest BCUT2D eigenvalue weighted by Gasteiger charge is -2.40. The summed E-state index contributed by atoms with van der Waals surface area (Å²) >= 11 is 1.66. The molecule has 0 radical (unpaired) electrons. The lowest BCUT2D eigenvalue weighted by Crippen LogP contribution is -2.51. The van der Waals surface area contributed by atoms with E-state index in [1.54, 1.807) is 11.3 Å². The average molecular weight is 308 g/mol. The Morgan fingerprint density at radius 2 is 2.00 bits per heavy atom. The maximum atomic E-state index is 12.3. The molecule has 6 heteroatoms. The van der Waals surface area contributed by atoms with E-state index in [1.807, 2.05) is 31.4 Å². The van der Waals surface area contributed by atoms with Crippen molar-refractivity contribution in [1.29, 1.82) is 0 Å². The standard InChI is InChI=1S/C14H23F3N2S/c1-3-19(10-12-6-4-9-20-12)13(2,11-18)7-5-8-14(15,16)17/h4,6,9H,3,5,7-8,10-11,18H2,1-2H3. The molecule has 2 N–H and O–H groups in total. The number of nitrogens with zero attached hydrogens (tertiary/aromatic N) is 1. The largest absolute Gasteiger partial charge is 0.389 e. The Morgan fingerprint density at radius 3 is 2.45 bits per heavy atom. The molecule has 0 aromatic carbocycles. The maximum Gasteiger partial charge on any atom is 0.389 e. The van der Waals surface area contributed by atoms with Crippen molar-refractivity contribution in [3.63, 3.8) is 0 Å². The van der Waals surface area contributed by atoms with Crippen LogP contribution in [0.4, 0.5) is 13.2 Å². The van der Waals surface area contributed by atoms with Gasteiger partial charge in [-0.05, 0) is 37.8 Å². The van der Waals surface area contributed by atoms with Crippen molar-refractivity contribution in [2.45, 2.75) is 51.4 Å². The first-order chi connectivity index (χ1) is 9.30. The third kappa shape index (κ3) is 5.42. The second-order valence-corrected chi connectivity index (χ2v) is 6.30. The highest BCUT2D eigenvalue weighted by molar-refractivity contribution is 7.09. The zero-order valence-electron chi connectivity index (χ0n) is 12.0. The van der Waals surface area contributed by atoms with E-state index in [9.17, 15) is 13.2 Å². The Bertz CT molecular complexity index is 378. The minimum absolute atomic E-state index is 0.123. The Hall–Kier alpha value is -0.590. The van der Waals surface area contributed by atoms with Crippen molar-refractivity contribution in [2.24, 2.45) is 5.73 Å². The number of hydrogen-bond acceptors (Lipinski definition) is 3. The third-order valence-corrected chi connectivity index (χ3v) is 4.55. The van der Waals surface area contributed by atoms with Crippen LogP contribution < -0.4 is 5.73 Å². The fourth-order valence-corrected chi connectivity index (χ4v) is 3.05. The van der Waals surface area contributed by atoms with Crippen LogP contribution in [0.25, 0.3) is 0 Å². The fourth-order valence-electron chi connectivity index (χ4n) is 2.33. The van der Waals surface area contributed by atoms with Crippen molar-refractivity contribution in [3.8, 4) is 0 Å². The van der Waals surface area contributed by atoms with Crippen molar-refractivity contribution in [2.75, 3.05) is 13.1 Å². The summed E-state index contributed by atoms with van der Waals surface area (Å²) in [5, 5.41) is 2.01. The van der Waals surface area contributed by atoms with Crippen LogP contribution in [-0.4, -0.2) is 29.7 Å². The molecule has 1 heterocycles. The summed E-state index contributed by atoms with van der Waals surface area (Å²) in [5.41, 5.74) is 5.46. The molecule has 0 saturated carbocycles. The van der Waals surface area contributed by atoms with Crippen molar-refractivity contribution >= 4 is 11.3 Å². The lowest BCUT2D eigenvalue weighted by atomic mass is 9.92. The van der Waals surface area contributed by atoms with Gasteiger partial charge in [-0.15, -0.1) is 11.3 Å². The molecule has 0 fully saturated rings. The molecule has 0 aliphatic carbocycles. The Kier molecular flexibility index (Phi) is 6.48. The zero-order chi connectivity index (χ0) is 15.2.